The number of nitrogens with zero attached hydrogens (tertiary/aromatic N) is 1. The number of hydrogen-bond donors (Lipinski definition) is 0. The third kappa shape index (κ3) is 3.34. The maximum absolute atomic E-state index is 11.8. The summed E-state index contributed by atoms with van der Waals surface area (Å²) in [5.41, 5.74) is 0. The summed E-state index contributed by atoms with van der Waals surface area (Å²) in [5.74, 6) is 0.798. The highest BCUT2D eigenvalue weighted by molar-refractivity contribution is 5.77. The number of hydrogen-bond acceptors (Lipinski definition) is 2. The molecule has 6 heteroatoms. The van der Waals surface area contributed by atoms with Crippen LogP contribution in [-0.4, -0.2) is 43.3 Å². The maximum Gasteiger partial charge on any atom is 0.411 e. The molecule has 2 aliphatic rings. The molecule has 1 heterocycles. The van der Waals surface area contributed by atoms with E-state index in [1.807, 2.05) is 0 Å². The lowest BCUT2D eigenvalue weighted by atomic mass is 10.0. The molecule has 17 heavy (non-hydrogen) atoms. The Bertz CT molecular complexity index is 281. The van der Waals surface area contributed by atoms with Gasteiger partial charge in [-0.2, -0.15) is 13.2 Å². The minimum absolute atomic E-state index is 0.316. The van der Waals surface area contributed by atoms with Crippen LogP contribution in [0.2, 0.25) is 0 Å². The first-order valence-electron chi connectivity index (χ1n) is 5.88. The van der Waals surface area contributed by atoms with Crippen LogP contribution in [0.3, 0.4) is 0 Å². The molecule has 98 valence electrons. The molecule has 1 aliphatic carbocycles. The summed E-state index contributed by atoms with van der Waals surface area (Å²) in [6.45, 7) is -0.420. The number of ether oxygens (including phenoxy) is 1. The Morgan fingerprint density at radius 2 is 1.82 bits per heavy atom. The zero-order valence-corrected chi connectivity index (χ0v) is 9.50. The summed E-state index contributed by atoms with van der Waals surface area (Å²) in [7, 11) is 0. The van der Waals surface area contributed by atoms with Crippen LogP contribution in [0.1, 0.15) is 19.3 Å². The van der Waals surface area contributed by atoms with Crippen LogP contribution in [0.5, 0.6) is 0 Å². The summed E-state index contributed by atoms with van der Waals surface area (Å²) in [5, 5.41) is 0. The van der Waals surface area contributed by atoms with Crippen LogP contribution in [0.4, 0.5) is 13.2 Å². The second-order valence-corrected chi connectivity index (χ2v) is 4.86. The first-order chi connectivity index (χ1) is 7.96. The van der Waals surface area contributed by atoms with E-state index in [0.29, 0.717) is 24.9 Å². The van der Waals surface area contributed by atoms with E-state index < -0.39 is 19.4 Å². The van der Waals surface area contributed by atoms with Gasteiger partial charge in [-0.1, -0.05) is 6.42 Å². The molecule has 1 aliphatic heterocycles. The van der Waals surface area contributed by atoms with Gasteiger partial charge in [-0.15, -0.1) is 0 Å². The fraction of sp³-hybridized carbons (Fsp3) is 0.909. The van der Waals surface area contributed by atoms with E-state index in [0.717, 1.165) is 12.8 Å². The minimum Gasteiger partial charge on any atom is -0.362 e. The van der Waals surface area contributed by atoms with Crippen molar-refractivity contribution in [3.63, 3.8) is 0 Å². The minimum atomic E-state index is -4.36. The van der Waals surface area contributed by atoms with Crippen molar-refractivity contribution in [1.29, 1.82) is 0 Å². The molecule has 0 aromatic heterocycles. The van der Waals surface area contributed by atoms with Gasteiger partial charge in [-0.05, 0) is 24.7 Å². The Kier molecular flexibility index (Phi) is 3.61. The van der Waals surface area contributed by atoms with Crippen molar-refractivity contribution in [2.45, 2.75) is 25.4 Å². The smallest absolute Gasteiger partial charge is 0.362 e. The maximum atomic E-state index is 11.8. The molecule has 2 unspecified atom stereocenters. The highest BCUT2D eigenvalue weighted by Crippen LogP contribution is 2.37. The van der Waals surface area contributed by atoms with Crippen LogP contribution in [-0.2, 0) is 9.53 Å². The monoisotopic (exact) mass is 251 g/mol. The standard InChI is InChI=1S/C11H16F3NO2/c12-11(13,14)7-17-6-10(16)15-4-8-2-1-3-9(8)5-15/h8-9H,1-7H2. The summed E-state index contributed by atoms with van der Waals surface area (Å²) in [4.78, 5) is 13.2. The second-order valence-electron chi connectivity index (χ2n) is 4.86. The molecule has 2 rings (SSSR count). The van der Waals surface area contributed by atoms with Gasteiger partial charge < -0.3 is 9.64 Å². The van der Waals surface area contributed by atoms with Gasteiger partial charge in [0.15, 0.2) is 0 Å². The van der Waals surface area contributed by atoms with E-state index in [1.54, 1.807) is 4.90 Å². The van der Waals surface area contributed by atoms with Gasteiger partial charge in [0.2, 0.25) is 5.91 Å². The van der Waals surface area contributed by atoms with E-state index in [9.17, 15) is 18.0 Å². The van der Waals surface area contributed by atoms with Gasteiger partial charge in [-0.25, -0.2) is 0 Å². The van der Waals surface area contributed by atoms with Crippen molar-refractivity contribution < 1.29 is 22.7 Å². The molecular weight excluding hydrogens is 235 g/mol. The van der Waals surface area contributed by atoms with Gasteiger partial charge >= 0.3 is 6.18 Å². The van der Waals surface area contributed by atoms with Crippen molar-refractivity contribution >= 4 is 5.91 Å². The fourth-order valence-corrected chi connectivity index (χ4v) is 2.78. The molecule has 0 aromatic rings. The number of likely N-dealkylation sites (tertiary alicyclic amines) is 1. The van der Waals surface area contributed by atoms with E-state index >= 15 is 0 Å². The lowest BCUT2D eigenvalue weighted by molar-refractivity contribution is -0.177. The van der Waals surface area contributed by atoms with Gasteiger partial charge in [-0.3, -0.25) is 4.79 Å². The number of amides is 1. The Balaban J connectivity index is 1.71. The lowest BCUT2D eigenvalue weighted by Gasteiger charge is -2.17. The highest BCUT2D eigenvalue weighted by atomic mass is 19.4. The third-order valence-corrected chi connectivity index (χ3v) is 3.57. The summed E-state index contributed by atoms with van der Waals surface area (Å²) in [6, 6.07) is 0. The van der Waals surface area contributed by atoms with Gasteiger partial charge in [0.05, 0.1) is 0 Å². The van der Waals surface area contributed by atoms with E-state index in [2.05, 4.69) is 4.74 Å². The predicted octanol–water partition coefficient (Wildman–Crippen LogP) is 1.82. The zero-order chi connectivity index (χ0) is 12.5. The summed E-state index contributed by atoms with van der Waals surface area (Å²) < 4.78 is 39.8. The Morgan fingerprint density at radius 3 is 2.35 bits per heavy atom. The highest BCUT2D eigenvalue weighted by Gasteiger charge is 2.38. The van der Waals surface area contributed by atoms with Crippen molar-refractivity contribution in [1.82, 2.24) is 4.90 Å². The number of halogens is 3. The first kappa shape index (κ1) is 12.7. The molecule has 0 N–H and O–H groups in total. The normalized spacial score (nSPS) is 28.5. The van der Waals surface area contributed by atoms with E-state index in [-0.39, 0.29) is 5.91 Å². The van der Waals surface area contributed by atoms with E-state index in [4.69, 9.17) is 0 Å². The van der Waals surface area contributed by atoms with Gasteiger partial charge in [0.25, 0.3) is 0 Å². The van der Waals surface area contributed by atoms with Gasteiger partial charge in [0.1, 0.15) is 13.2 Å². The molecule has 2 atom stereocenters. The molecule has 0 aromatic carbocycles. The van der Waals surface area contributed by atoms with Crippen LogP contribution in [0.15, 0.2) is 0 Å². The lowest BCUT2D eigenvalue weighted by Crippen LogP contribution is -2.34. The van der Waals surface area contributed by atoms with E-state index in [1.165, 1.54) is 6.42 Å². The van der Waals surface area contributed by atoms with Crippen LogP contribution in [0.25, 0.3) is 0 Å². The number of fused-ring (bicyclic) bond motifs is 1. The van der Waals surface area contributed by atoms with Crippen molar-refractivity contribution in [3.8, 4) is 0 Å². The SMILES string of the molecule is O=C(COCC(F)(F)F)N1CC2CCCC2C1. The molecule has 0 radical (unpaired) electrons. The molecule has 3 nitrogen and oxygen atoms in total. The van der Waals surface area contributed by atoms with Crippen LogP contribution in [0, 0.1) is 11.8 Å². The van der Waals surface area contributed by atoms with Crippen LogP contribution < -0.4 is 0 Å². The largest absolute Gasteiger partial charge is 0.411 e. The average molecular weight is 251 g/mol. The van der Waals surface area contributed by atoms with Gasteiger partial charge in [0, 0.05) is 13.1 Å². The number of carbonyl (C=O) groups excluding carboxylic acids is 1. The molecule has 0 bridgehead atoms. The number of alkyl halides is 3. The summed E-state index contributed by atoms with van der Waals surface area (Å²) in [6.07, 6.45) is -0.876. The quantitative estimate of drug-likeness (QED) is 0.765. The Morgan fingerprint density at radius 1 is 1.24 bits per heavy atom. The zero-order valence-electron chi connectivity index (χ0n) is 9.50. The molecule has 1 saturated carbocycles. The first-order valence-corrected chi connectivity index (χ1v) is 5.88. The molecule has 0 spiro atoms. The Labute approximate surface area is 97.9 Å². The third-order valence-electron chi connectivity index (χ3n) is 3.57. The van der Waals surface area contributed by atoms with Crippen molar-refractivity contribution in [2.75, 3.05) is 26.3 Å². The molecule has 1 saturated heterocycles. The van der Waals surface area contributed by atoms with Crippen molar-refractivity contribution in [3.05, 3.63) is 0 Å². The molecule has 2 fully saturated rings. The molecule has 1 amide bonds. The average Bonchev–Trinajstić information content (AvgIpc) is 2.73. The fourth-order valence-electron chi connectivity index (χ4n) is 2.78. The topological polar surface area (TPSA) is 29.5 Å². The summed E-state index contributed by atoms with van der Waals surface area (Å²) >= 11 is 0. The second kappa shape index (κ2) is 4.84. The number of carbonyl (C=O) groups is 1. The van der Waals surface area contributed by atoms with Crippen molar-refractivity contribution in [2.24, 2.45) is 11.8 Å². The van der Waals surface area contributed by atoms with Crippen LogP contribution >= 0.6 is 0 Å². The molecular formula is C11H16F3NO2. The predicted molar refractivity (Wildman–Crippen MR) is 54.3 cm³/mol. The Hall–Kier alpha value is -0.780. The number of rotatable bonds is 3.